The van der Waals surface area contributed by atoms with Crippen molar-refractivity contribution in [3.8, 4) is 0 Å². The van der Waals surface area contributed by atoms with Gasteiger partial charge in [0.15, 0.2) is 0 Å². The number of nitrogens with one attached hydrogen (secondary N) is 1. The van der Waals surface area contributed by atoms with Crippen molar-refractivity contribution in [2.24, 2.45) is 0 Å². The fraction of sp³-hybridized carbons (Fsp3) is 0.417. The summed E-state index contributed by atoms with van der Waals surface area (Å²) in [5, 5.41) is 2.86. The molecule has 0 bridgehead atoms. The molecule has 1 aromatic carbocycles. The van der Waals surface area contributed by atoms with Crippen LogP contribution >= 0.6 is 0 Å². The van der Waals surface area contributed by atoms with Crippen molar-refractivity contribution in [1.82, 2.24) is 10.2 Å². The Morgan fingerprint density at radius 3 is 2.53 bits per heavy atom. The molecule has 0 saturated heterocycles. The van der Waals surface area contributed by atoms with Crippen molar-refractivity contribution in [3.63, 3.8) is 0 Å². The Morgan fingerprint density at radius 2 is 2.00 bits per heavy atom. The number of carbonyl (C=O) groups excluding carboxylic acids is 1. The maximum absolute atomic E-state index is 11.6. The molecule has 0 radical (unpaired) electrons. The molecule has 1 amide bonds. The summed E-state index contributed by atoms with van der Waals surface area (Å²) in [4.78, 5) is 13.4. The number of rotatable bonds is 4. The van der Waals surface area contributed by atoms with E-state index in [1.807, 2.05) is 44.3 Å². The Morgan fingerprint density at radius 1 is 1.40 bits per heavy atom. The molecule has 1 atom stereocenters. The molecule has 0 heterocycles. The van der Waals surface area contributed by atoms with Gasteiger partial charge in [-0.3, -0.25) is 4.79 Å². The van der Waals surface area contributed by atoms with E-state index in [0.717, 1.165) is 5.56 Å². The van der Waals surface area contributed by atoms with Crippen LogP contribution in [-0.4, -0.2) is 31.4 Å². The Kier molecular flexibility index (Phi) is 4.31. The van der Waals surface area contributed by atoms with Crippen LogP contribution in [0.2, 0.25) is 0 Å². The Balaban J connectivity index is 2.68. The SMILES string of the molecule is CNCC(=O)N(C)C(C)c1ccccc1. The highest BCUT2D eigenvalue weighted by atomic mass is 16.2. The molecule has 3 heteroatoms. The second-order valence-corrected chi connectivity index (χ2v) is 3.62. The third-order valence-electron chi connectivity index (χ3n) is 2.58. The predicted molar refractivity (Wildman–Crippen MR) is 61.6 cm³/mol. The maximum atomic E-state index is 11.6. The summed E-state index contributed by atoms with van der Waals surface area (Å²) in [5.41, 5.74) is 1.16. The largest absolute Gasteiger partial charge is 0.338 e. The Labute approximate surface area is 91.1 Å². The third-order valence-corrected chi connectivity index (χ3v) is 2.58. The zero-order valence-corrected chi connectivity index (χ0v) is 9.53. The average Bonchev–Trinajstić information content (AvgIpc) is 2.28. The first-order chi connectivity index (χ1) is 7.16. The molecule has 1 rings (SSSR count). The van der Waals surface area contributed by atoms with E-state index < -0.39 is 0 Å². The molecular formula is C12H18N2O. The molecule has 1 aromatic rings. The first kappa shape index (κ1) is 11.7. The number of amides is 1. The van der Waals surface area contributed by atoms with Gasteiger partial charge in [-0.15, -0.1) is 0 Å². The van der Waals surface area contributed by atoms with Crippen LogP contribution in [0.15, 0.2) is 30.3 Å². The lowest BCUT2D eigenvalue weighted by molar-refractivity contribution is -0.130. The lowest BCUT2D eigenvalue weighted by Crippen LogP contribution is -2.35. The molecule has 1 unspecified atom stereocenters. The van der Waals surface area contributed by atoms with Gasteiger partial charge in [0.05, 0.1) is 12.6 Å². The van der Waals surface area contributed by atoms with Crippen LogP contribution in [0.1, 0.15) is 18.5 Å². The van der Waals surface area contributed by atoms with Gasteiger partial charge in [-0.05, 0) is 19.5 Å². The summed E-state index contributed by atoms with van der Waals surface area (Å²) < 4.78 is 0. The van der Waals surface area contributed by atoms with Gasteiger partial charge in [-0.1, -0.05) is 30.3 Å². The Hall–Kier alpha value is -1.35. The second kappa shape index (κ2) is 5.51. The van der Waals surface area contributed by atoms with E-state index in [-0.39, 0.29) is 11.9 Å². The summed E-state index contributed by atoms with van der Waals surface area (Å²) in [6, 6.07) is 10.1. The summed E-state index contributed by atoms with van der Waals surface area (Å²) in [5.74, 6) is 0.105. The molecule has 82 valence electrons. The predicted octanol–water partition coefficient (Wildman–Crippen LogP) is 1.43. The summed E-state index contributed by atoms with van der Waals surface area (Å²) in [6.07, 6.45) is 0. The molecule has 1 N–H and O–H groups in total. The lowest BCUT2D eigenvalue weighted by atomic mass is 10.1. The smallest absolute Gasteiger partial charge is 0.236 e. The number of likely N-dealkylation sites (N-methyl/N-ethyl adjacent to an activating group) is 2. The van der Waals surface area contributed by atoms with E-state index in [1.54, 1.807) is 11.9 Å². The van der Waals surface area contributed by atoms with Crippen molar-refractivity contribution in [2.45, 2.75) is 13.0 Å². The molecule has 0 aromatic heterocycles. The standard InChI is InChI=1S/C12H18N2O/c1-10(11-7-5-4-6-8-11)14(3)12(15)9-13-2/h4-8,10,13H,9H2,1-3H3. The zero-order chi connectivity index (χ0) is 11.3. The highest BCUT2D eigenvalue weighted by Gasteiger charge is 2.15. The van der Waals surface area contributed by atoms with Gasteiger partial charge in [0, 0.05) is 7.05 Å². The normalized spacial score (nSPS) is 12.2. The van der Waals surface area contributed by atoms with E-state index >= 15 is 0 Å². The maximum Gasteiger partial charge on any atom is 0.236 e. The fourth-order valence-corrected chi connectivity index (χ4v) is 1.45. The van der Waals surface area contributed by atoms with E-state index in [4.69, 9.17) is 0 Å². The fourth-order valence-electron chi connectivity index (χ4n) is 1.45. The van der Waals surface area contributed by atoms with E-state index in [1.165, 1.54) is 0 Å². The molecular weight excluding hydrogens is 188 g/mol. The highest BCUT2D eigenvalue weighted by molar-refractivity contribution is 5.78. The van der Waals surface area contributed by atoms with E-state index in [2.05, 4.69) is 5.32 Å². The number of hydrogen-bond acceptors (Lipinski definition) is 2. The van der Waals surface area contributed by atoms with Crippen molar-refractivity contribution < 1.29 is 4.79 Å². The van der Waals surface area contributed by atoms with Crippen molar-refractivity contribution in [1.29, 1.82) is 0 Å². The minimum Gasteiger partial charge on any atom is -0.338 e. The van der Waals surface area contributed by atoms with Crippen molar-refractivity contribution in [2.75, 3.05) is 20.6 Å². The number of benzene rings is 1. The first-order valence-corrected chi connectivity index (χ1v) is 5.12. The van der Waals surface area contributed by atoms with Crippen LogP contribution in [-0.2, 0) is 4.79 Å². The van der Waals surface area contributed by atoms with E-state index in [0.29, 0.717) is 6.54 Å². The van der Waals surface area contributed by atoms with Gasteiger partial charge < -0.3 is 10.2 Å². The van der Waals surface area contributed by atoms with Crippen LogP contribution in [0.5, 0.6) is 0 Å². The van der Waals surface area contributed by atoms with Crippen LogP contribution < -0.4 is 5.32 Å². The van der Waals surface area contributed by atoms with Gasteiger partial charge in [0.25, 0.3) is 0 Å². The lowest BCUT2D eigenvalue weighted by Gasteiger charge is -2.25. The molecule has 0 saturated carbocycles. The van der Waals surface area contributed by atoms with Gasteiger partial charge >= 0.3 is 0 Å². The monoisotopic (exact) mass is 206 g/mol. The average molecular weight is 206 g/mol. The third kappa shape index (κ3) is 3.06. The van der Waals surface area contributed by atoms with Gasteiger partial charge in [0.2, 0.25) is 5.91 Å². The number of nitrogens with zero attached hydrogens (tertiary/aromatic N) is 1. The van der Waals surface area contributed by atoms with Gasteiger partial charge in [-0.2, -0.15) is 0 Å². The second-order valence-electron chi connectivity index (χ2n) is 3.62. The molecule has 0 fully saturated rings. The molecule has 15 heavy (non-hydrogen) atoms. The molecule has 0 aliphatic carbocycles. The topological polar surface area (TPSA) is 32.3 Å². The zero-order valence-electron chi connectivity index (χ0n) is 9.53. The summed E-state index contributed by atoms with van der Waals surface area (Å²) >= 11 is 0. The van der Waals surface area contributed by atoms with Gasteiger partial charge in [0.1, 0.15) is 0 Å². The molecule has 0 spiro atoms. The van der Waals surface area contributed by atoms with Crippen molar-refractivity contribution in [3.05, 3.63) is 35.9 Å². The van der Waals surface area contributed by atoms with Crippen LogP contribution in [0.25, 0.3) is 0 Å². The van der Waals surface area contributed by atoms with Crippen molar-refractivity contribution >= 4 is 5.91 Å². The van der Waals surface area contributed by atoms with Gasteiger partial charge in [-0.25, -0.2) is 0 Å². The van der Waals surface area contributed by atoms with Crippen LogP contribution in [0, 0.1) is 0 Å². The number of hydrogen-bond donors (Lipinski definition) is 1. The summed E-state index contributed by atoms with van der Waals surface area (Å²) in [7, 11) is 3.61. The highest BCUT2D eigenvalue weighted by Crippen LogP contribution is 2.17. The van der Waals surface area contributed by atoms with Crippen LogP contribution in [0.3, 0.4) is 0 Å². The van der Waals surface area contributed by atoms with Crippen LogP contribution in [0.4, 0.5) is 0 Å². The Bertz CT molecular complexity index is 311. The minimum atomic E-state index is 0.105. The van der Waals surface area contributed by atoms with E-state index in [9.17, 15) is 4.79 Å². The first-order valence-electron chi connectivity index (χ1n) is 5.12. The molecule has 3 nitrogen and oxygen atoms in total. The quantitative estimate of drug-likeness (QED) is 0.808. The molecule has 0 aliphatic heterocycles. The summed E-state index contributed by atoms with van der Waals surface area (Å²) in [6.45, 7) is 2.41. The number of carbonyl (C=O) groups is 1. The minimum absolute atomic E-state index is 0.105. The molecule has 0 aliphatic rings.